The Morgan fingerprint density at radius 1 is 1.23 bits per heavy atom. The third-order valence-electron chi connectivity index (χ3n) is 2.74. The van der Waals surface area contributed by atoms with Crippen LogP contribution in [-0.2, 0) is 9.47 Å². The quantitative estimate of drug-likeness (QED) is 0.651. The lowest BCUT2D eigenvalue weighted by molar-refractivity contribution is -0.179. The Hall–Kier alpha value is -0.120. The van der Waals surface area contributed by atoms with Crippen molar-refractivity contribution in [3.63, 3.8) is 0 Å². The van der Waals surface area contributed by atoms with Crippen LogP contribution in [0.25, 0.3) is 0 Å². The summed E-state index contributed by atoms with van der Waals surface area (Å²) in [6.45, 7) is 7.18. The van der Waals surface area contributed by atoms with Crippen molar-refractivity contribution in [1.29, 1.82) is 0 Å². The summed E-state index contributed by atoms with van der Waals surface area (Å²) >= 11 is 0. The minimum absolute atomic E-state index is 0.337. The fraction of sp³-hybridized carbons (Fsp3) is 1.00. The zero-order chi connectivity index (χ0) is 9.10. The molecule has 2 saturated heterocycles. The van der Waals surface area contributed by atoms with Crippen molar-refractivity contribution in [2.45, 2.75) is 32.0 Å². The van der Waals surface area contributed by atoms with Crippen LogP contribution >= 0.6 is 0 Å². The summed E-state index contributed by atoms with van der Waals surface area (Å²) in [4.78, 5) is 2.52. The van der Waals surface area contributed by atoms with Gasteiger partial charge < -0.3 is 9.47 Å². The average molecular weight is 185 g/mol. The van der Waals surface area contributed by atoms with E-state index < -0.39 is 0 Å². The summed E-state index contributed by atoms with van der Waals surface area (Å²) in [6, 6.07) is 0. The average Bonchev–Trinajstić information content (AvgIpc) is 2.14. The Balaban J connectivity index is 1.80. The summed E-state index contributed by atoms with van der Waals surface area (Å²) < 4.78 is 11.2. The number of unbranched alkanes of at least 4 members (excludes halogenated alkanes) is 1. The highest BCUT2D eigenvalue weighted by Crippen LogP contribution is 2.16. The van der Waals surface area contributed by atoms with Crippen LogP contribution in [0.3, 0.4) is 0 Å². The van der Waals surface area contributed by atoms with E-state index in [0.717, 1.165) is 26.3 Å². The molecule has 76 valence electrons. The fourth-order valence-electron chi connectivity index (χ4n) is 2.09. The largest absolute Gasteiger partial charge is 0.376 e. The molecule has 2 atom stereocenters. The van der Waals surface area contributed by atoms with Gasteiger partial charge in [-0.3, -0.25) is 4.90 Å². The van der Waals surface area contributed by atoms with Gasteiger partial charge >= 0.3 is 0 Å². The second-order valence-corrected chi connectivity index (χ2v) is 4.03. The number of ether oxygens (including phenoxy) is 2. The normalized spacial score (nSPS) is 34.8. The van der Waals surface area contributed by atoms with Crippen LogP contribution in [0.2, 0.25) is 0 Å². The van der Waals surface area contributed by atoms with Crippen LogP contribution < -0.4 is 0 Å². The van der Waals surface area contributed by atoms with Crippen LogP contribution in [-0.4, -0.2) is 50.0 Å². The maximum absolute atomic E-state index is 5.77. The maximum Gasteiger partial charge on any atom is 0.0940 e. The van der Waals surface area contributed by atoms with E-state index in [4.69, 9.17) is 9.47 Å². The van der Waals surface area contributed by atoms with E-state index >= 15 is 0 Å². The molecule has 2 bridgehead atoms. The molecular formula is C10H19NO2. The van der Waals surface area contributed by atoms with Gasteiger partial charge in [0.25, 0.3) is 0 Å². The van der Waals surface area contributed by atoms with Crippen molar-refractivity contribution in [3.05, 3.63) is 0 Å². The Kier molecular flexibility index (Phi) is 3.19. The van der Waals surface area contributed by atoms with Crippen LogP contribution in [0, 0.1) is 0 Å². The lowest BCUT2D eigenvalue weighted by atomic mass is 10.1. The first-order valence-corrected chi connectivity index (χ1v) is 5.34. The summed E-state index contributed by atoms with van der Waals surface area (Å²) in [5.74, 6) is 0. The predicted molar refractivity (Wildman–Crippen MR) is 50.8 cm³/mol. The standard InChI is InChI=1S/C10H19NO2/c1-2-3-4-11-5-9-7-12-8-10(6-11)13-9/h9-10H,2-8H2,1H3. The molecule has 0 aliphatic carbocycles. The second-order valence-electron chi connectivity index (χ2n) is 4.03. The van der Waals surface area contributed by atoms with Gasteiger partial charge in [-0.25, -0.2) is 0 Å². The number of hydrogen-bond donors (Lipinski definition) is 0. The van der Waals surface area contributed by atoms with Gasteiger partial charge in [0.2, 0.25) is 0 Å². The molecule has 3 nitrogen and oxygen atoms in total. The van der Waals surface area contributed by atoms with Gasteiger partial charge in [-0.05, 0) is 13.0 Å². The molecule has 2 aliphatic heterocycles. The molecule has 0 aromatic carbocycles. The minimum atomic E-state index is 0.337. The van der Waals surface area contributed by atoms with Crippen molar-refractivity contribution in [1.82, 2.24) is 4.90 Å². The Morgan fingerprint density at radius 3 is 2.54 bits per heavy atom. The summed E-state index contributed by atoms with van der Waals surface area (Å²) in [5, 5.41) is 0. The van der Waals surface area contributed by atoms with Crippen molar-refractivity contribution in [2.24, 2.45) is 0 Å². The van der Waals surface area contributed by atoms with Gasteiger partial charge in [0.15, 0.2) is 0 Å². The predicted octanol–water partition coefficient (Wildman–Crippen LogP) is 0.886. The third-order valence-corrected chi connectivity index (χ3v) is 2.74. The molecule has 0 aromatic rings. The van der Waals surface area contributed by atoms with Gasteiger partial charge in [-0.2, -0.15) is 0 Å². The third kappa shape index (κ3) is 2.42. The fourth-order valence-corrected chi connectivity index (χ4v) is 2.09. The lowest BCUT2D eigenvalue weighted by Gasteiger charge is -2.41. The Morgan fingerprint density at radius 2 is 1.92 bits per heavy atom. The van der Waals surface area contributed by atoms with Crippen molar-refractivity contribution in [3.8, 4) is 0 Å². The highest BCUT2D eigenvalue weighted by Gasteiger charge is 2.31. The number of fused-ring (bicyclic) bond motifs is 2. The van der Waals surface area contributed by atoms with Gasteiger partial charge in [0.05, 0.1) is 25.4 Å². The molecular weight excluding hydrogens is 166 g/mol. The van der Waals surface area contributed by atoms with E-state index in [9.17, 15) is 0 Å². The first-order valence-electron chi connectivity index (χ1n) is 5.34. The van der Waals surface area contributed by atoms with Crippen LogP contribution in [0.4, 0.5) is 0 Å². The smallest absolute Gasteiger partial charge is 0.0940 e. The molecule has 2 rings (SSSR count). The summed E-state index contributed by atoms with van der Waals surface area (Å²) in [7, 11) is 0. The van der Waals surface area contributed by atoms with Gasteiger partial charge in [-0.15, -0.1) is 0 Å². The van der Waals surface area contributed by atoms with Crippen molar-refractivity contribution >= 4 is 0 Å². The zero-order valence-corrected chi connectivity index (χ0v) is 8.37. The molecule has 0 aromatic heterocycles. The SMILES string of the molecule is CCCCN1CC2COCC(C1)O2. The second kappa shape index (κ2) is 4.40. The maximum atomic E-state index is 5.77. The first-order chi connectivity index (χ1) is 6.38. The van der Waals surface area contributed by atoms with Crippen LogP contribution in [0.15, 0.2) is 0 Å². The highest BCUT2D eigenvalue weighted by molar-refractivity contribution is 4.80. The first kappa shape index (κ1) is 9.44. The van der Waals surface area contributed by atoms with Crippen molar-refractivity contribution < 1.29 is 9.47 Å². The number of hydrogen-bond acceptors (Lipinski definition) is 3. The lowest BCUT2D eigenvalue weighted by Crippen LogP contribution is -2.54. The Bertz CT molecular complexity index is 151. The van der Waals surface area contributed by atoms with E-state index in [-0.39, 0.29) is 0 Å². The van der Waals surface area contributed by atoms with E-state index in [1.807, 2.05) is 0 Å². The molecule has 0 saturated carbocycles. The summed E-state index contributed by atoms with van der Waals surface area (Å²) in [5.41, 5.74) is 0. The van der Waals surface area contributed by atoms with Gasteiger partial charge in [-0.1, -0.05) is 13.3 Å². The molecule has 2 aliphatic rings. The number of rotatable bonds is 3. The number of morpholine rings is 1. The molecule has 3 heteroatoms. The van der Waals surface area contributed by atoms with E-state index in [1.165, 1.54) is 19.4 Å². The zero-order valence-electron chi connectivity index (χ0n) is 8.37. The molecule has 2 fully saturated rings. The molecule has 0 amide bonds. The van der Waals surface area contributed by atoms with E-state index in [1.54, 1.807) is 0 Å². The molecule has 13 heavy (non-hydrogen) atoms. The molecule has 2 unspecified atom stereocenters. The van der Waals surface area contributed by atoms with Gasteiger partial charge in [0.1, 0.15) is 0 Å². The summed E-state index contributed by atoms with van der Waals surface area (Å²) in [6.07, 6.45) is 3.26. The molecule has 2 heterocycles. The van der Waals surface area contributed by atoms with Crippen LogP contribution in [0.1, 0.15) is 19.8 Å². The van der Waals surface area contributed by atoms with E-state index in [2.05, 4.69) is 11.8 Å². The van der Waals surface area contributed by atoms with Crippen LogP contribution in [0.5, 0.6) is 0 Å². The molecule has 0 radical (unpaired) electrons. The van der Waals surface area contributed by atoms with Gasteiger partial charge in [0, 0.05) is 13.1 Å². The Labute approximate surface area is 80.0 Å². The minimum Gasteiger partial charge on any atom is -0.376 e. The highest BCUT2D eigenvalue weighted by atomic mass is 16.6. The molecule has 0 spiro atoms. The van der Waals surface area contributed by atoms with E-state index in [0.29, 0.717) is 12.2 Å². The van der Waals surface area contributed by atoms with Crippen molar-refractivity contribution in [2.75, 3.05) is 32.8 Å². The topological polar surface area (TPSA) is 21.7 Å². The molecule has 0 N–H and O–H groups in total. The monoisotopic (exact) mass is 185 g/mol. The number of nitrogens with zero attached hydrogens (tertiary/aromatic N) is 1.